The molecule has 0 spiro atoms. The van der Waals surface area contributed by atoms with Crippen LogP contribution in [0.15, 0.2) is 72.8 Å². The number of hydrogen-bond donors (Lipinski definition) is 3. The summed E-state index contributed by atoms with van der Waals surface area (Å²) < 4.78 is 19.9. The molecule has 0 radical (unpaired) electrons. The van der Waals surface area contributed by atoms with Crippen molar-refractivity contribution in [2.75, 3.05) is 16.0 Å². The largest absolute Gasteiger partial charge is 0.455 e. The maximum Gasteiger partial charge on any atom is 0.323 e. The topological polar surface area (TPSA) is 79.5 Å². The molecule has 0 aliphatic carbocycles. The molecule has 0 atom stereocenters. The Bertz CT molecular complexity index is 976. The van der Waals surface area contributed by atoms with E-state index in [0.717, 1.165) is 0 Å². The number of carbonyl (C=O) groups excluding carboxylic acids is 2. The van der Waals surface area contributed by atoms with Crippen LogP contribution < -0.4 is 20.7 Å². The number of urea groups is 1. The highest BCUT2D eigenvalue weighted by Crippen LogP contribution is 2.31. The summed E-state index contributed by atoms with van der Waals surface area (Å²) in [4.78, 5) is 23.3. The van der Waals surface area contributed by atoms with Crippen molar-refractivity contribution in [3.63, 3.8) is 0 Å². The van der Waals surface area contributed by atoms with Crippen LogP contribution in [-0.4, -0.2) is 11.9 Å². The maximum atomic E-state index is 14.3. The third-order valence-corrected chi connectivity index (χ3v) is 3.65. The molecule has 3 aromatic rings. The van der Waals surface area contributed by atoms with Crippen LogP contribution >= 0.6 is 0 Å². The minimum Gasteiger partial charge on any atom is -0.455 e. The second kappa shape index (κ2) is 8.68. The molecule has 0 bridgehead atoms. The van der Waals surface area contributed by atoms with Crippen molar-refractivity contribution >= 4 is 29.0 Å². The lowest BCUT2D eigenvalue weighted by atomic mass is 10.2. The lowest BCUT2D eigenvalue weighted by molar-refractivity contribution is -0.114. The highest BCUT2D eigenvalue weighted by atomic mass is 19.1. The maximum absolute atomic E-state index is 14.3. The molecule has 6 nitrogen and oxygen atoms in total. The fourth-order valence-corrected chi connectivity index (χ4v) is 2.44. The second-order valence-corrected chi connectivity index (χ2v) is 5.87. The molecule has 3 amide bonds. The zero-order valence-electron chi connectivity index (χ0n) is 15.0. The normalized spacial score (nSPS) is 10.1. The highest BCUT2D eigenvalue weighted by Gasteiger charge is 2.14. The van der Waals surface area contributed by atoms with Gasteiger partial charge in [0.25, 0.3) is 0 Å². The van der Waals surface area contributed by atoms with Gasteiger partial charge in [-0.2, -0.15) is 0 Å². The van der Waals surface area contributed by atoms with Gasteiger partial charge in [0.2, 0.25) is 5.91 Å². The molecule has 0 fully saturated rings. The van der Waals surface area contributed by atoms with Crippen molar-refractivity contribution in [3.8, 4) is 11.5 Å². The van der Waals surface area contributed by atoms with Gasteiger partial charge in [0.1, 0.15) is 11.4 Å². The number of amides is 3. The number of para-hydroxylation sites is 2. The number of ether oxygens (including phenoxy) is 1. The summed E-state index contributed by atoms with van der Waals surface area (Å²) in [5.41, 5.74) is 1.01. The van der Waals surface area contributed by atoms with Gasteiger partial charge in [-0.1, -0.05) is 24.3 Å². The molecule has 0 aliphatic heterocycles. The fourth-order valence-electron chi connectivity index (χ4n) is 2.44. The highest BCUT2D eigenvalue weighted by molar-refractivity contribution is 6.01. The lowest BCUT2D eigenvalue weighted by Gasteiger charge is -2.14. The number of hydrogen-bond acceptors (Lipinski definition) is 3. The average molecular weight is 379 g/mol. The summed E-state index contributed by atoms with van der Waals surface area (Å²) >= 11 is 0. The summed E-state index contributed by atoms with van der Waals surface area (Å²) in [6.07, 6.45) is 0. The predicted octanol–water partition coefficient (Wildman–Crippen LogP) is 5.22. The van der Waals surface area contributed by atoms with Gasteiger partial charge in [0.15, 0.2) is 11.6 Å². The number of halogens is 1. The molecule has 0 unspecified atom stereocenters. The van der Waals surface area contributed by atoms with E-state index in [2.05, 4.69) is 16.0 Å². The number of anilines is 3. The lowest BCUT2D eigenvalue weighted by Crippen LogP contribution is -2.20. The van der Waals surface area contributed by atoms with Crippen LogP contribution in [0.3, 0.4) is 0 Å². The number of nitrogens with one attached hydrogen (secondary N) is 3. The zero-order chi connectivity index (χ0) is 19.9. The predicted molar refractivity (Wildman–Crippen MR) is 106 cm³/mol. The Morgan fingerprint density at radius 2 is 1.43 bits per heavy atom. The first-order chi connectivity index (χ1) is 13.5. The standard InChI is InChI=1S/C21H18FN3O3/c1-14(26)23-15-10-12-16(13-11-15)24-21(27)25-20-18(22)8-5-9-19(20)28-17-6-3-2-4-7-17/h2-13H,1H3,(H,23,26)(H2,24,25,27). The molecule has 28 heavy (non-hydrogen) atoms. The Morgan fingerprint density at radius 1 is 0.786 bits per heavy atom. The first kappa shape index (κ1) is 18.9. The molecule has 0 aliphatic rings. The summed E-state index contributed by atoms with van der Waals surface area (Å²) in [5, 5.41) is 7.71. The summed E-state index contributed by atoms with van der Waals surface area (Å²) in [5.74, 6) is -0.110. The number of carbonyl (C=O) groups is 2. The van der Waals surface area contributed by atoms with Gasteiger partial charge in [-0.05, 0) is 48.5 Å². The van der Waals surface area contributed by atoms with Gasteiger partial charge >= 0.3 is 6.03 Å². The minimum atomic E-state index is -0.629. The van der Waals surface area contributed by atoms with E-state index in [1.54, 1.807) is 54.6 Å². The van der Waals surface area contributed by atoms with E-state index in [-0.39, 0.29) is 17.3 Å². The van der Waals surface area contributed by atoms with Gasteiger partial charge < -0.3 is 20.7 Å². The molecule has 142 valence electrons. The minimum absolute atomic E-state index is 0.0706. The number of rotatable bonds is 5. The Labute approximate surface area is 161 Å². The van der Waals surface area contributed by atoms with Crippen LogP contribution in [0.5, 0.6) is 11.5 Å². The summed E-state index contributed by atoms with van der Waals surface area (Å²) in [6, 6.07) is 19.1. The Morgan fingerprint density at radius 3 is 2.07 bits per heavy atom. The molecule has 0 saturated heterocycles. The zero-order valence-corrected chi connectivity index (χ0v) is 15.0. The fraction of sp³-hybridized carbons (Fsp3) is 0.0476. The van der Waals surface area contributed by atoms with Crippen LogP contribution in [-0.2, 0) is 4.79 Å². The molecule has 0 aromatic heterocycles. The molecule has 0 heterocycles. The van der Waals surface area contributed by atoms with Crippen molar-refractivity contribution in [1.29, 1.82) is 0 Å². The Hall–Kier alpha value is -3.87. The molecule has 0 saturated carbocycles. The second-order valence-electron chi connectivity index (χ2n) is 5.87. The first-order valence-corrected chi connectivity index (χ1v) is 8.48. The molecule has 3 aromatic carbocycles. The third-order valence-electron chi connectivity index (χ3n) is 3.65. The Balaban J connectivity index is 1.70. The third kappa shape index (κ3) is 5.07. The van der Waals surface area contributed by atoms with E-state index in [9.17, 15) is 14.0 Å². The van der Waals surface area contributed by atoms with Crippen molar-refractivity contribution in [2.45, 2.75) is 6.92 Å². The summed E-state index contributed by atoms with van der Waals surface area (Å²) in [6.45, 7) is 1.41. The van der Waals surface area contributed by atoms with E-state index in [1.165, 1.54) is 19.1 Å². The van der Waals surface area contributed by atoms with E-state index in [1.807, 2.05) is 6.07 Å². The molecule has 3 rings (SSSR count). The Kier molecular flexibility index (Phi) is 5.86. The quantitative estimate of drug-likeness (QED) is 0.569. The number of benzene rings is 3. The van der Waals surface area contributed by atoms with Gasteiger partial charge in [0.05, 0.1) is 0 Å². The van der Waals surface area contributed by atoms with Crippen molar-refractivity contribution < 1.29 is 18.7 Å². The molecule has 3 N–H and O–H groups in total. The molecular weight excluding hydrogens is 361 g/mol. The van der Waals surface area contributed by atoms with E-state index < -0.39 is 11.8 Å². The molecular formula is C21H18FN3O3. The van der Waals surface area contributed by atoms with Gasteiger partial charge in [0, 0.05) is 18.3 Å². The van der Waals surface area contributed by atoms with Crippen molar-refractivity contribution in [1.82, 2.24) is 0 Å². The summed E-state index contributed by atoms with van der Waals surface area (Å²) in [7, 11) is 0. The SMILES string of the molecule is CC(=O)Nc1ccc(NC(=O)Nc2c(F)cccc2Oc2ccccc2)cc1. The monoisotopic (exact) mass is 379 g/mol. The smallest absolute Gasteiger partial charge is 0.323 e. The van der Waals surface area contributed by atoms with Crippen LogP contribution in [0.1, 0.15) is 6.92 Å². The van der Waals surface area contributed by atoms with Crippen LogP contribution in [0.2, 0.25) is 0 Å². The van der Waals surface area contributed by atoms with E-state index >= 15 is 0 Å². The van der Waals surface area contributed by atoms with E-state index in [4.69, 9.17) is 4.74 Å². The van der Waals surface area contributed by atoms with E-state index in [0.29, 0.717) is 17.1 Å². The van der Waals surface area contributed by atoms with Gasteiger partial charge in [-0.3, -0.25) is 4.79 Å². The van der Waals surface area contributed by atoms with Crippen molar-refractivity contribution in [3.05, 3.63) is 78.6 Å². The van der Waals surface area contributed by atoms with Crippen LogP contribution in [0.4, 0.5) is 26.2 Å². The first-order valence-electron chi connectivity index (χ1n) is 8.48. The van der Waals surface area contributed by atoms with Crippen molar-refractivity contribution in [2.24, 2.45) is 0 Å². The average Bonchev–Trinajstić information content (AvgIpc) is 2.66. The van der Waals surface area contributed by atoms with Crippen LogP contribution in [0.25, 0.3) is 0 Å². The van der Waals surface area contributed by atoms with Gasteiger partial charge in [-0.25, -0.2) is 9.18 Å². The van der Waals surface area contributed by atoms with Crippen LogP contribution in [0, 0.1) is 5.82 Å². The molecule has 7 heteroatoms. The van der Waals surface area contributed by atoms with Gasteiger partial charge in [-0.15, -0.1) is 0 Å².